The van der Waals surface area contributed by atoms with Crippen molar-refractivity contribution in [3.8, 4) is 11.5 Å². The Morgan fingerprint density at radius 2 is 1.85 bits per heavy atom. The second-order valence-corrected chi connectivity index (χ2v) is 6.05. The van der Waals surface area contributed by atoms with E-state index in [4.69, 9.17) is 9.47 Å². The fourth-order valence-electron chi connectivity index (χ4n) is 2.64. The van der Waals surface area contributed by atoms with Gasteiger partial charge in [0.25, 0.3) is 0 Å². The molecule has 2 aromatic carbocycles. The number of hydrogen-bond donors (Lipinski definition) is 0. The van der Waals surface area contributed by atoms with Crippen molar-refractivity contribution in [2.45, 2.75) is 13.5 Å². The second-order valence-electron chi connectivity index (χ2n) is 6.05. The van der Waals surface area contributed by atoms with Crippen LogP contribution in [0.2, 0.25) is 0 Å². The summed E-state index contributed by atoms with van der Waals surface area (Å²) in [4.78, 5) is 16.8. The van der Waals surface area contributed by atoms with Crippen LogP contribution in [0.3, 0.4) is 0 Å². The van der Waals surface area contributed by atoms with Crippen molar-refractivity contribution in [1.29, 1.82) is 0 Å². The third kappa shape index (κ3) is 4.82. The molecule has 0 aliphatic rings. The first-order chi connectivity index (χ1) is 13.2. The Hall–Kier alpha value is -3.40. The molecular weight excluding hydrogens is 338 g/mol. The fourth-order valence-corrected chi connectivity index (χ4v) is 2.64. The lowest BCUT2D eigenvalue weighted by atomic mass is 10.1. The first-order valence-corrected chi connectivity index (χ1v) is 8.66. The van der Waals surface area contributed by atoms with E-state index in [2.05, 4.69) is 4.98 Å². The standard InChI is InChI=1S/C23H21NO3/c1-17-10-12-20(23(15-17)26-2)21(25)13-11-18-7-3-4-9-22(18)27-16-19-8-5-6-14-24-19/h3-15H,16H2,1-2H3/b13-11+. The molecule has 0 aliphatic carbocycles. The lowest BCUT2D eigenvalue weighted by Gasteiger charge is -2.09. The van der Waals surface area contributed by atoms with E-state index >= 15 is 0 Å². The van der Waals surface area contributed by atoms with Crippen LogP contribution in [0.1, 0.15) is 27.2 Å². The van der Waals surface area contributed by atoms with Crippen molar-refractivity contribution in [3.05, 3.63) is 95.3 Å². The van der Waals surface area contributed by atoms with Crippen LogP contribution in [-0.2, 0) is 6.61 Å². The summed E-state index contributed by atoms with van der Waals surface area (Å²) < 4.78 is 11.2. The average Bonchev–Trinajstić information content (AvgIpc) is 2.71. The highest BCUT2D eigenvalue weighted by Gasteiger charge is 2.10. The molecule has 0 atom stereocenters. The number of methoxy groups -OCH3 is 1. The molecule has 0 aliphatic heterocycles. The van der Waals surface area contributed by atoms with Crippen LogP contribution in [0.5, 0.6) is 11.5 Å². The summed E-state index contributed by atoms with van der Waals surface area (Å²) in [7, 11) is 1.57. The predicted octanol–water partition coefficient (Wildman–Crippen LogP) is 4.87. The first-order valence-electron chi connectivity index (χ1n) is 8.66. The maximum atomic E-state index is 12.6. The zero-order valence-electron chi connectivity index (χ0n) is 15.4. The van der Waals surface area contributed by atoms with Gasteiger partial charge in [-0.2, -0.15) is 0 Å². The highest BCUT2D eigenvalue weighted by molar-refractivity contribution is 6.08. The van der Waals surface area contributed by atoms with Crippen LogP contribution in [0.25, 0.3) is 6.08 Å². The number of rotatable bonds is 7. The van der Waals surface area contributed by atoms with E-state index in [0.29, 0.717) is 23.7 Å². The quantitative estimate of drug-likeness (QED) is 0.446. The fraction of sp³-hybridized carbons (Fsp3) is 0.130. The number of carbonyl (C=O) groups excluding carboxylic acids is 1. The molecule has 0 spiro atoms. The lowest BCUT2D eigenvalue weighted by molar-refractivity contribution is 0.104. The molecule has 0 saturated carbocycles. The van der Waals surface area contributed by atoms with Crippen molar-refractivity contribution in [2.75, 3.05) is 7.11 Å². The topological polar surface area (TPSA) is 48.4 Å². The van der Waals surface area contributed by atoms with Crippen molar-refractivity contribution >= 4 is 11.9 Å². The molecule has 3 rings (SSSR count). The molecule has 4 heteroatoms. The molecule has 27 heavy (non-hydrogen) atoms. The van der Waals surface area contributed by atoms with Crippen LogP contribution in [0, 0.1) is 6.92 Å². The zero-order valence-corrected chi connectivity index (χ0v) is 15.4. The number of ketones is 1. The van der Waals surface area contributed by atoms with Gasteiger partial charge in [0.15, 0.2) is 5.78 Å². The molecule has 0 saturated heterocycles. The number of hydrogen-bond acceptors (Lipinski definition) is 4. The molecule has 0 amide bonds. The summed E-state index contributed by atoms with van der Waals surface area (Å²) in [6.45, 7) is 2.33. The number of nitrogens with zero attached hydrogens (tertiary/aromatic N) is 1. The number of aryl methyl sites for hydroxylation is 1. The Morgan fingerprint density at radius 1 is 1.04 bits per heavy atom. The number of para-hydroxylation sites is 1. The van der Waals surface area contributed by atoms with Crippen LogP contribution in [0.15, 0.2) is 72.9 Å². The minimum atomic E-state index is -0.119. The van der Waals surface area contributed by atoms with Crippen molar-refractivity contribution in [1.82, 2.24) is 4.98 Å². The molecule has 0 unspecified atom stereocenters. The monoisotopic (exact) mass is 359 g/mol. The van der Waals surface area contributed by atoms with E-state index in [1.807, 2.05) is 61.5 Å². The van der Waals surface area contributed by atoms with Gasteiger partial charge in [-0.05, 0) is 55.0 Å². The predicted molar refractivity (Wildman–Crippen MR) is 106 cm³/mol. The Balaban J connectivity index is 1.76. The number of allylic oxidation sites excluding steroid dienone is 1. The summed E-state index contributed by atoms with van der Waals surface area (Å²) >= 11 is 0. The van der Waals surface area contributed by atoms with Gasteiger partial charge in [-0.15, -0.1) is 0 Å². The normalized spacial score (nSPS) is 10.7. The highest BCUT2D eigenvalue weighted by atomic mass is 16.5. The van der Waals surface area contributed by atoms with E-state index in [0.717, 1.165) is 16.8 Å². The van der Waals surface area contributed by atoms with Crippen LogP contribution >= 0.6 is 0 Å². The summed E-state index contributed by atoms with van der Waals surface area (Å²) in [5.74, 6) is 1.15. The smallest absolute Gasteiger partial charge is 0.189 e. The number of carbonyl (C=O) groups is 1. The van der Waals surface area contributed by atoms with Gasteiger partial charge in [0, 0.05) is 11.8 Å². The molecule has 136 valence electrons. The second kappa shape index (κ2) is 8.81. The van der Waals surface area contributed by atoms with Crippen LogP contribution < -0.4 is 9.47 Å². The number of pyridine rings is 1. The minimum Gasteiger partial charge on any atom is -0.496 e. The number of ether oxygens (including phenoxy) is 2. The van der Waals surface area contributed by atoms with Gasteiger partial charge in [-0.25, -0.2) is 0 Å². The van der Waals surface area contributed by atoms with Gasteiger partial charge in [-0.3, -0.25) is 9.78 Å². The zero-order chi connectivity index (χ0) is 19.1. The molecule has 4 nitrogen and oxygen atoms in total. The number of aromatic nitrogens is 1. The number of benzene rings is 2. The maximum absolute atomic E-state index is 12.6. The van der Waals surface area contributed by atoms with Crippen LogP contribution in [-0.4, -0.2) is 17.9 Å². The van der Waals surface area contributed by atoms with E-state index in [-0.39, 0.29) is 5.78 Å². The molecule has 1 aromatic heterocycles. The van der Waals surface area contributed by atoms with E-state index in [9.17, 15) is 4.79 Å². The van der Waals surface area contributed by atoms with Crippen molar-refractivity contribution < 1.29 is 14.3 Å². The molecule has 0 radical (unpaired) electrons. The molecule has 0 fully saturated rings. The molecule has 0 bridgehead atoms. The van der Waals surface area contributed by atoms with Crippen LogP contribution in [0.4, 0.5) is 0 Å². The minimum absolute atomic E-state index is 0.119. The SMILES string of the molecule is COc1cc(C)ccc1C(=O)/C=C/c1ccccc1OCc1ccccn1. The Labute approximate surface area is 159 Å². The Kier molecular flexibility index (Phi) is 6.00. The average molecular weight is 359 g/mol. The third-order valence-electron chi connectivity index (χ3n) is 4.06. The highest BCUT2D eigenvalue weighted by Crippen LogP contribution is 2.23. The summed E-state index contributed by atoms with van der Waals surface area (Å²) in [6.07, 6.45) is 5.03. The lowest BCUT2D eigenvalue weighted by Crippen LogP contribution is -2.00. The van der Waals surface area contributed by atoms with Gasteiger partial charge < -0.3 is 9.47 Å². The third-order valence-corrected chi connectivity index (χ3v) is 4.06. The summed E-state index contributed by atoms with van der Waals surface area (Å²) in [5, 5.41) is 0. The van der Waals surface area contributed by atoms with E-state index < -0.39 is 0 Å². The molecule has 0 N–H and O–H groups in total. The van der Waals surface area contributed by atoms with E-state index in [1.165, 1.54) is 6.08 Å². The van der Waals surface area contributed by atoms with Gasteiger partial charge in [-0.1, -0.05) is 30.3 Å². The molecule has 1 heterocycles. The molecular formula is C23H21NO3. The van der Waals surface area contributed by atoms with Crippen molar-refractivity contribution in [2.24, 2.45) is 0 Å². The van der Waals surface area contributed by atoms with Crippen molar-refractivity contribution in [3.63, 3.8) is 0 Å². The Morgan fingerprint density at radius 3 is 2.63 bits per heavy atom. The summed E-state index contributed by atoms with van der Waals surface area (Å²) in [6, 6.07) is 18.8. The van der Waals surface area contributed by atoms with Gasteiger partial charge in [0.2, 0.25) is 0 Å². The van der Waals surface area contributed by atoms with E-state index in [1.54, 1.807) is 25.4 Å². The van der Waals surface area contributed by atoms with Gasteiger partial charge in [0.05, 0.1) is 18.4 Å². The van der Waals surface area contributed by atoms with Gasteiger partial charge >= 0.3 is 0 Å². The summed E-state index contributed by atoms with van der Waals surface area (Å²) in [5.41, 5.74) is 3.25. The Bertz CT molecular complexity index is 949. The van der Waals surface area contributed by atoms with Gasteiger partial charge in [0.1, 0.15) is 18.1 Å². The molecule has 3 aromatic rings. The first kappa shape index (κ1) is 18.4. The maximum Gasteiger partial charge on any atom is 0.189 e. The largest absolute Gasteiger partial charge is 0.496 e.